The molecule has 0 aliphatic carbocycles. The Morgan fingerprint density at radius 3 is 3.10 bits per heavy atom. The number of anilines is 1. The average Bonchev–Trinajstić information content (AvgIpc) is 2.51. The fourth-order valence-corrected chi connectivity index (χ4v) is 2.16. The van der Waals surface area contributed by atoms with Crippen molar-refractivity contribution in [2.75, 3.05) is 12.4 Å². The maximum absolute atomic E-state index is 12.0. The first kappa shape index (κ1) is 15.2. The minimum Gasteiger partial charge on any atom is -0.481 e. The van der Waals surface area contributed by atoms with Gasteiger partial charge in [0, 0.05) is 18.8 Å². The minimum absolute atomic E-state index is 0.202. The summed E-state index contributed by atoms with van der Waals surface area (Å²) in [7, 11) is 1.57. The van der Waals surface area contributed by atoms with Crippen LogP contribution in [-0.4, -0.2) is 21.9 Å². The molecule has 0 amide bonds. The van der Waals surface area contributed by atoms with Crippen molar-refractivity contribution >= 4 is 21.6 Å². The van der Waals surface area contributed by atoms with Gasteiger partial charge in [-0.25, -0.2) is 9.67 Å². The van der Waals surface area contributed by atoms with Gasteiger partial charge in [0.2, 0.25) is 5.88 Å². The van der Waals surface area contributed by atoms with Crippen molar-refractivity contribution in [2.45, 2.75) is 13.1 Å². The molecule has 0 bridgehead atoms. The van der Waals surface area contributed by atoms with Gasteiger partial charge in [-0.1, -0.05) is 6.08 Å². The smallest absolute Gasteiger partial charge is 0.283 e. The van der Waals surface area contributed by atoms with E-state index in [0.717, 1.165) is 5.56 Å². The van der Waals surface area contributed by atoms with Crippen LogP contribution in [-0.2, 0) is 13.1 Å². The van der Waals surface area contributed by atoms with E-state index in [9.17, 15) is 4.79 Å². The molecule has 110 valence electrons. The van der Waals surface area contributed by atoms with Gasteiger partial charge >= 0.3 is 0 Å². The lowest BCUT2D eigenvalue weighted by atomic mass is 10.2. The van der Waals surface area contributed by atoms with E-state index in [1.807, 2.05) is 12.1 Å². The fourth-order valence-electron chi connectivity index (χ4n) is 1.71. The average molecular weight is 351 g/mol. The molecule has 0 spiro atoms. The van der Waals surface area contributed by atoms with Crippen LogP contribution >= 0.6 is 15.9 Å². The molecular weight excluding hydrogens is 336 g/mol. The summed E-state index contributed by atoms with van der Waals surface area (Å²) in [5.74, 6) is 0.549. The van der Waals surface area contributed by atoms with Crippen molar-refractivity contribution in [3.63, 3.8) is 0 Å². The van der Waals surface area contributed by atoms with Crippen molar-refractivity contribution in [1.82, 2.24) is 14.8 Å². The van der Waals surface area contributed by atoms with E-state index in [2.05, 4.69) is 37.9 Å². The molecule has 0 fully saturated rings. The lowest BCUT2D eigenvalue weighted by molar-refractivity contribution is 0.397. The Labute approximate surface area is 130 Å². The molecule has 0 saturated carbocycles. The molecule has 1 N–H and O–H groups in total. The van der Waals surface area contributed by atoms with E-state index in [1.54, 1.807) is 25.6 Å². The van der Waals surface area contributed by atoms with Crippen LogP contribution in [0.15, 0.2) is 46.4 Å². The van der Waals surface area contributed by atoms with Crippen LogP contribution in [0.4, 0.5) is 5.69 Å². The van der Waals surface area contributed by atoms with Crippen LogP contribution in [0.25, 0.3) is 0 Å². The number of methoxy groups -OCH3 is 1. The van der Waals surface area contributed by atoms with E-state index in [1.165, 1.54) is 4.68 Å². The van der Waals surface area contributed by atoms with Gasteiger partial charge in [-0.3, -0.25) is 4.79 Å². The van der Waals surface area contributed by atoms with Gasteiger partial charge in [0.1, 0.15) is 4.47 Å². The fraction of sp³-hybridized carbons (Fsp3) is 0.214. The summed E-state index contributed by atoms with van der Waals surface area (Å²) in [6, 6.07) is 3.70. The van der Waals surface area contributed by atoms with Gasteiger partial charge in [0.05, 0.1) is 25.5 Å². The molecule has 0 aliphatic rings. The van der Waals surface area contributed by atoms with Gasteiger partial charge in [0.25, 0.3) is 5.56 Å². The molecule has 0 unspecified atom stereocenters. The zero-order valence-corrected chi connectivity index (χ0v) is 13.1. The van der Waals surface area contributed by atoms with Crippen molar-refractivity contribution in [3.8, 4) is 5.88 Å². The summed E-state index contributed by atoms with van der Waals surface area (Å²) in [6.45, 7) is 4.50. The molecule has 21 heavy (non-hydrogen) atoms. The Balaban J connectivity index is 2.14. The van der Waals surface area contributed by atoms with Crippen molar-refractivity contribution < 1.29 is 4.74 Å². The second-order valence-corrected chi connectivity index (χ2v) is 5.00. The number of ether oxygens (including phenoxy) is 1. The molecule has 2 aromatic rings. The first-order chi connectivity index (χ1) is 10.2. The van der Waals surface area contributed by atoms with Crippen molar-refractivity contribution in [3.05, 3.63) is 57.6 Å². The van der Waals surface area contributed by atoms with Crippen LogP contribution in [0.3, 0.4) is 0 Å². The normalized spacial score (nSPS) is 10.2. The molecule has 2 rings (SSSR count). The van der Waals surface area contributed by atoms with Gasteiger partial charge in [-0.2, -0.15) is 5.10 Å². The number of nitrogens with one attached hydrogen (secondary N) is 1. The molecule has 7 heteroatoms. The molecule has 2 aromatic heterocycles. The third-order valence-electron chi connectivity index (χ3n) is 2.78. The van der Waals surface area contributed by atoms with E-state index in [0.29, 0.717) is 29.1 Å². The van der Waals surface area contributed by atoms with Gasteiger partial charge in [-0.15, -0.1) is 6.58 Å². The molecule has 0 atom stereocenters. The first-order valence-electron chi connectivity index (χ1n) is 6.25. The topological polar surface area (TPSA) is 69.0 Å². The highest BCUT2D eigenvalue weighted by Crippen LogP contribution is 2.18. The number of pyridine rings is 1. The Morgan fingerprint density at radius 1 is 1.57 bits per heavy atom. The maximum Gasteiger partial charge on any atom is 0.283 e. The van der Waals surface area contributed by atoms with E-state index in [-0.39, 0.29) is 5.56 Å². The summed E-state index contributed by atoms with van der Waals surface area (Å²) in [6.07, 6.45) is 4.90. The highest BCUT2D eigenvalue weighted by Gasteiger charge is 2.08. The van der Waals surface area contributed by atoms with Gasteiger partial charge in [-0.05, 0) is 27.6 Å². The number of hydrogen-bond donors (Lipinski definition) is 1. The third-order valence-corrected chi connectivity index (χ3v) is 3.54. The maximum atomic E-state index is 12.0. The zero-order valence-electron chi connectivity index (χ0n) is 11.5. The number of nitrogens with zero attached hydrogens (tertiary/aromatic N) is 3. The number of aromatic nitrogens is 3. The quantitative estimate of drug-likeness (QED) is 0.809. The molecule has 0 saturated heterocycles. The standard InChI is InChI=1S/C14H15BrN4O2/c1-3-6-19-14(20)13(15)11(9-18-19)17-8-10-4-5-16-12(7-10)21-2/h3-5,7,9,17H,1,6,8H2,2H3. The van der Waals surface area contributed by atoms with E-state index < -0.39 is 0 Å². The van der Waals surface area contributed by atoms with Gasteiger partial charge < -0.3 is 10.1 Å². The number of allylic oxidation sites excluding steroid dienone is 1. The Morgan fingerprint density at radius 2 is 2.38 bits per heavy atom. The molecule has 0 aromatic carbocycles. The van der Waals surface area contributed by atoms with Crippen LogP contribution in [0.1, 0.15) is 5.56 Å². The number of hydrogen-bond acceptors (Lipinski definition) is 5. The Bertz CT molecular complexity index is 700. The summed E-state index contributed by atoms with van der Waals surface area (Å²) in [4.78, 5) is 16.1. The molecule has 6 nitrogen and oxygen atoms in total. The molecular formula is C14H15BrN4O2. The SMILES string of the molecule is C=CCn1ncc(NCc2ccnc(OC)c2)c(Br)c1=O. The monoisotopic (exact) mass is 350 g/mol. The summed E-state index contributed by atoms with van der Waals surface area (Å²) in [5, 5.41) is 7.24. The van der Waals surface area contributed by atoms with Crippen LogP contribution in [0.2, 0.25) is 0 Å². The minimum atomic E-state index is -0.202. The van der Waals surface area contributed by atoms with E-state index >= 15 is 0 Å². The molecule has 2 heterocycles. The Hall–Kier alpha value is -2.15. The lowest BCUT2D eigenvalue weighted by Crippen LogP contribution is -2.23. The Kier molecular flexibility index (Phi) is 5.10. The predicted molar refractivity (Wildman–Crippen MR) is 84.5 cm³/mol. The number of rotatable bonds is 6. The summed E-state index contributed by atoms with van der Waals surface area (Å²) < 4.78 is 6.85. The van der Waals surface area contributed by atoms with Crippen molar-refractivity contribution in [1.29, 1.82) is 0 Å². The molecule has 0 radical (unpaired) electrons. The highest BCUT2D eigenvalue weighted by molar-refractivity contribution is 9.10. The largest absolute Gasteiger partial charge is 0.481 e. The highest BCUT2D eigenvalue weighted by atomic mass is 79.9. The first-order valence-corrected chi connectivity index (χ1v) is 7.04. The number of halogens is 1. The summed E-state index contributed by atoms with van der Waals surface area (Å²) in [5.41, 5.74) is 1.42. The lowest BCUT2D eigenvalue weighted by Gasteiger charge is -2.10. The third kappa shape index (κ3) is 3.69. The summed E-state index contributed by atoms with van der Waals surface area (Å²) >= 11 is 3.30. The van der Waals surface area contributed by atoms with Crippen LogP contribution < -0.4 is 15.6 Å². The second-order valence-electron chi connectivity index (χ2n) is 4.21. The van der Waals surface area contributed by atoms with Crippen molar-refractivity contribution in [2.24, 2.45) is 0 Å². The second kappa shape index (κ2) is 7.03. The van der Waals surface area contributed by atoms with Crippen LogP contribution in [0.5, 0.6) is 5.88 Å². The molecule has 0 aliphatic heterocycles. The van der Waals surface area contributed by atoms with E-state index in [4.69, 9.17) is 4.74 Å². The van der Waals surface area contributed by atoms with Crippen LogP contribution in [0, 0.1) is 0 Å². The zero-order chi connectivity index (χ0) is 15.2. The predicted octanol–water partition coefficient (Wildman–Crippen LogP) is 2.21. The van der Waals surface area contributed by atoms with Gasteiger partial charge in [0.15, 0.2) is 0 Å².